The zero-order valence-corrected chi connectivity index (χ0v) is 11.4. The lowest BCUT2D eigenvalue weighted by atomic mass is 10.1. The summed E-state index contributed by atoms with van der Waals surface area (Å²) in [5, 5.41) is 3.23. The van der Waals surface area contributed by atoms with Crippen molar-refractivity contribution in [1.29, 1.82) is 0 Å². The average Bonchev–Trinajstić information content (AvgIpc) is 2.74. The molecule has 2 rings (SSSR count). The van der Waals surface area contributed by atoms with Gasteiger partial charge in [-0.2, -0.15) is 0 Å². The van der Waals surface area contributed by atoms with Gasteiger partial charge < -0.3 is 10.2 Å². The molecule has 5 heteroatoms. The third kappa shape index (κ3) is 4.13. The fraction of sp³-hybridized carbons (Fsp3) is 0.467. The molecule has 0 aromatic heterocycles. The van der Waals surface area contributed by atoms with Crippen LogP contribution < -0.4 is 5.32 Å². The number of halogens is 1. The minimum absolute atomic E-state index is 0.0177. The van der Waals surface area contributed by atoms with Crippen molar-refractivity contribution >= 4 is 11.7 Å². The lowest BCUT2D eigenvalue weighted by Crippen LogP contribution is -2.34. The summed E-state index contributed by atoms with van der Waals surface area (Å²) in [6, 6.07) is 5.43. The van der Waals surface area contributed by atoms with Gasteiger partial charge in [0.2, 0.25) is 5.91 Å². The summed E-state index contributed by atoms with van der Waals surface area (Å²) < 4.78 is 12.8. The Kier molecular flexibility index (Phi) is 5.24. The van der Waals surface area contributed by atoms with Crippen LogP contribution in [0.1, 0.15) is 29.6 Å². The van der Waals surface area contributed by atoms with E-state index in [-0.39, 0.29) is 30.3 Å². The molecular weight excluding hydrogens is 259 g/mol. The van der Waals surface area contributed by atoms with E-state index in [1.165, 1.54) is 24.3 Å². The van der Waals surface area contributed by atoms with Gasteiger partial charge in [-0.15, -0.1) is 0 Å². The second-order valence-corrected chi connectivity index (χ2v) is 4.91. The Morgan fingerprint density at radius 3 is 2.60 bits per heavy atom. The van der Waals surface area contributed by atoms with Crippen molar-refractivity contribution in [3.8, 4) is 0 Å². The molecule has 0 unspecified atom stereocenters. The number of carbonyl (C=O) groups excluding carboxylic acids is 2. The number of benzene rings is 1. The van der Waals surface area contributed by atoms with Crippen LogP contribution in [0.3, 0.4) is 0 Å². The first kappa shape index (κ1) is 14.7. The topological polar surface area (TPSA) is 49.4 Å². The van der Waals surface area contributed by atoms with Gasteiger partial charge in [0.25, 0.3) is 0 Å². The second kappa shape index (κ2) is 7.14. The molecular formula is C15H19FN2O2. The highest BCUT2D eigenvalue weighted by Crippen LogP contribution is 2.09. The molecule has 0 saturated carbocycles. The standard InChI is InChI=1S/C15H19FN2O2/c16-13-4-2-12(3-5-13)14(19)6-7-15(20)18-10-1-8-17-9-11-18/h2-5,17H,1,6-11H2. The average molecular weight is 278 g/mol. The van der Waals surface area contributed by atoms with E-state index in [2.05, 4.69) is 5.32 Å². The van der Waals surface area contributed by atoms with Crippen molar-refractivity contribution in [2.75, 3.05) is 26.2 Å². The van der Waals surface area contributed by atoms with Crippen LogP contribution in [0.4, 0.5) is 4.39 Å². The van der Waals surface area contributed by atoms with E-state index < -0.39 is 0 Å². The molecule has 0 atom stereocenters. The Morgan fingerprint density at radius 1 is 1.10 bits per heavy atom. The van der Waals surface area contributed by atoms with E-state index in [1.807, 2.05) is 0 Å². The fourth-order valence-electron chi connectivity index (χ4n) is 2.25. The normalized spacial score (nSPS) is 15.8. The van der Waals surface area contributed by atoms with E-state index >= 15 is 0 Å². The molecule has 1 amide bonds. The molecule has 1 aliphatic heterocycles. The first-order chi connectivity index (χ1) is 9.66. The molecule has 0 spiro atoms. The number of nitrogens with one attached hydrogen (secondary N) is 1. The molecule has 1 aromatic rings. The number of rotatable bonds is 4. The molecule has 1 aliphatic rings. The summed E-state index contributed by atoms with van der Waals surface area (Å²) in [7, 11) is 0. The number of carbonyl (C=O) groups is 2. The maximum Gasteiger partial charge on any atom is 0.223 e. The van der Waals surface area contributed by atoms with Crippen LogP contribution in [0.15, 0.2) is 24.3 Å². The Morgan fingerprint density at radius 2 is 1.85 bits per heavy atom. The maximum atomic E-state index is 12.8. The van der Waals surface area contributed by atoms with E-state index in [0.717, 1.165) is 26.1 Å². The highest BCUT2D eigenvalue weighted by atomic mass is 19.1. The van der Waals surface area contributed by atoms with Gasteiger partial charge in [-0.3, -0.25) is 9.59 Å². The van der Waals surface area contributed by atoms with Crippen LogP contribution in [0.2, 0.25) is 0 Å². The summed E-state index contributed by atoms with van der Waals surface area (Å²) in [5.41, 5.74) is 0.455. The van der Waals surface area contributed by atoms with E-state index in [4.69, 9.17) is 0 Å². The van der Waals surface area contributed by atoms with Gasteiger partial charge in [0.05, 0.1) is 0 Å². The molecule has 1 saturated heterocycles. The first-order valence-corrected chi connectivity index (χ1v) is 6.94. The summed E-state index contributed by atoms with van der Waals surface area (Å²) >= 11 is 0. The van der Waals surface area contributed by atoms with Crippen molar-refractivity contribution in [2.45, 2.75) is 19.3 Å². The third-order valence-corrected chi connectivity index (χ3v) is 3.42. The molecule has 0 radical (unpaired) electrons. The largest absolute Gasteiger partial charge is 0.341 e. The molecule has 1 aromatic carbocycles. The Labute approximate surface area is 118 Å². The maximum absolute atomic E-state index is 12.8. The van der Waals surface area contributed by atoms with E-state index in [0.29, 0.717) is 12.1 Å². The summed E-state index contributed by atoms with van der Waals surface area (Å²) in [5.74, 6) is -0.467. The number of nitrogens with zero attached hydrogens (tertiary/aromatic N) is 1. The van der Waals surface area contributed by atoms with Crippen molar-refractivity contribution in [3.05, 3.63) is 35.6 Å². The number of amides is 1. The number of hydrogen-bond acceptors (Lipinski definition) is 3. The second-order valence-electron chi connectivity index (χ2n) is 4.91. The molecule has 0 aliphatic carbocycles. The van der Waals surface area contributed by atoms with Crippen LogP contribution in [0.25, 0.3) is 0 Å². The predicted octanol–water partition coefficient (Wildman–Crippen LogP) is 1.61. The Balaban J connectivity index is 1.83. The Hall–Kier alpha value is -1.75. The molecule has 1 fully saturated rings. The zero-order chi connectivity index (χ0) is 14.4. The third-order valence-electron chi connectivity index (χ3n) is 3.42. The van der Waals surface area contributed by atoms with Crippen LogP contribution >= 0.6 is 0 Å². The van der Waals surface area contributed by atoms with Crippen molar-refractivity contribution in [1.82, 2.24) is 10.2 Å². The van der Waals surface area contributed by atoms with Crippen LogP contribution in [-0.2, 0) is 4.79 Å². The first-order valence-electron chi connectivity index (χ1n) is 6.94. The van der Waals surface area contributed by atoms with Gasteiger partial charge in [0.1, 0.15) is 5.82 Å². The van der Waals surface area contributed by atoms with Crippen molar-refractivity contribution in [3.63, 3.8) is 0 Å². The molecule has 4 nitrogen and oxygen atoms in total. The molecule has 1 N–H and O–H groups in total. The van der Waals surface area contributed by atoms with Gasteiger partial charge in [-0.25, -0.2) is 4.39 Å². The lowest BCUT2D eigenvalue weighted by molar-refractivity contribution is -0.130. The number of ketones is 1. The van der Waals surface area contributed by atoms with Crippen LogP contribution in [-0.4, -0.2) is 42.8 Å². The smallest absolute Gasteiger partial charge is 0.223 e. The monoisotopic (exact) mass is 278 g/mol. The minimum Gasteiger partial charge on any atom is -0.341 e. The van der Waals surface area contributed by atoms with Crippen LogP contribution in [0, 0.1) is 5.82 Å². The zero-order valence-electron chi connectivity index (χ0n) is 11.4. The quantitative estimate of drug-likeness (QED) is 0.851. The van der Waals surface area contributed by atoms with Crippen molar-refractivity contribution < 1.29 is 14.0 Å². The Bertz CT molecular complexity index is 465. The van der Waals surface area contributed by atoms with Gasteiger partial charge in [-0.05, 0) is 37.2 Å². The van der Waals surface area contributed by atoms with E-state index in [1.54, 1.807) is 4.90 Å². The summed E-state index contributed by atoms with van der Waals surface area (Å²) in [4.78, 5) is 25.7. The summed E-state index contributed by atoms with van der Waals surface area (Å²) in [6.45, 7) is 3.18. The van der Waals surface area contributed by atoms with Gasteiger partial charge in [0.15, 0.2) is 5.78 Å². The van der Waals surface area contributed by atoms with Gasteiger partial charge in [0, 0.05) is 38.0 Å². The molecule has 108 valence electrons. The fourth-order valence-corrected chi connectivity index (χ4v) is 2.25. The number of hydrogen-bond donors (Lipinski definition) is 1. The molecule has 0 bridgehead atoms. The minimum atomic E-state index is -0.366. The highest BCUT2D eigenvalue weighted by Gasteiger charge is 2.16. The van der Waals surface area contributed by atoms with Crippen molar-refractivity contribution in [2.24, 2.45) is 0 Å². The van der Waals surface area contributed by atoms with Crippen LogP contribution in [0.5, 0.6) is 0 Å². The predicted molar refractivity (Wildman–Crippen MR) is 74.0 cm³/mol. The highest BCUT2D eigenvalue weighted by molar-refractivity contribution is 5.97. The van der Waals surface area contributed by atoms with Gasteiger partial charge in [-0.1, -0.05) is 0 Å². The lowest BCUT2D eigenvalue weighted by Gasteiger charge is -2.19. The SMILES string of the molecule is O=C(CCC(=O)N1CCCNCC1)c1ccc(F)cc1. The molecule has 20 heavy (non-hydrogen) atoms. The van der Waals surface area contributed by atoms with E-state index in [9.17, 15) is 14.0 Å². The number of Topliss-reactive ketones (excluding diaryl/α,β-unsaturated/α-hetero) is 1. The molecule has 1 heterocycles. The van der Waals surface area contributed by atoms with Gasteiger partial charge >= 0.3 is 0 Å². The summed E-state index contributed by atoms with van der Waals surface area (Å²) in [6.07, 6.45) is 1.34.